The summed E-state index contributed by atoms with van der Waals surface area (Å²) in [6, 6.07) is -0.181. The molecule has 1 amide bonds. The van der Waals surface area contributed by atoms with Gasteiger partial charge in [0.05, 0.1) is 6.04 Å². The van der Waals surface area contributed by atoms with Gasteiger partial charge in [-0.15, -0.1) is 0 Å². The van der Waals surface area contributed by atoms with Gasteiger partial charge in [0, 0.05) is 18.8 Å². The minimum atomic E-state index is -0.181. The summed E-state index contributed by atoms with van der Waals surface area (Å²) in [5, 5.41) is 13.9. The molecule has 1 saturated carbocycles. The van der Waals surface area contributed by atoms with Crippen molar-refractivity contribution >= 4 is 5.91 Å². The van der Waals surface area contributed by atoms with E-state index in [1.807, 2.05) is 13.8 Å². The molecule has 2 heterocycles. The fraction of sp³-hybridized carbons (Fsp3) is 0.688. The lowest BCUT2D eigenvalue weighted by atomic mass is 10.1. The largest absolute Gasteiger partial charge is 0.346 e. The van der Waals surface area contributed by atoms with Gasteiger partial charge in [-0.25, -0.2) is 4.98 Å². The highest BCUT2D eigenvalue weighted by Crippen LogP contribution is 2.32. The van der Waals surface area contributed by atoms with E-state index in [-0.39, 0.29) is 11.9 Å². The molecule has 24 heavy (non-hydrogen) atoms. The molecular weight excluding hydrogens is 308 g/mol. The van der Waals surface area contributed by atoms with E-state index in [9.17, 15) is 4.79 Å². The Morgan fingerprint density at radius 1 is 1.38 bits per heavy atom. The molecule has 1 aliphatic carbocycles. The maximum Gasteiger partial charge on any atom is 0.227 e. The first kappa shape index (κ1) is 16.6. The normalized spacial score (nSPS) is 16.4. The number of rotatable bonds is 7. The number of amides is 1. The molecule has 8 heteroatoms. The van der Waals surface area contributed by atoms with Crippen LogP contribution < -0.4 is 5.32 Å². The molecule has 1 fully saturated rings. The first-order valence-corrected chi connectivity index (χ1v) is 8.66. The summed E-state index contributed by atoms with van der Waals surface area (Å²) in [5.41, 5.74) is 0. The van der Waals surface area contributed by atoms with Crippen molar-refractivity contribution in [3.05, 3.63) is 23.4 Å². The molecule has 1 unspecified atom stereocenters. The van der Waals surface area contributed by atoms with E-state index in [1.165, 1.54) is 12.8 Å². The van der Waals surface area contributed by atoms with Crippen molar-refractivity contribution in [1.29, 1.82) is 0 Å². The SMILES string of the molecule is CCC(NC(=O)CCc1nc(C2CCCC2)no1)c1n[nH]c(C)n1. The van der Waals surface area contributed by atoms with Crippen molar-refractivity contribution in [2.75, 3.05) is 0 Å². The lowest BCUT2D eigenvalue weighted by Gasteiger charge is -2.13. The van der Waals surface area contributed by atoms with Gasteiger partial charge in [0.25, 0.3) is 0 Å². The van der Waals surface area contributed by atoms with Crippen LogP contribution in [-0.2, 0) is 11.2 Å². The predicted molar refractivity (Wildman–Crippen MR) is 86.1 cm³/mol. The summed E-state index contributed by atoms with van der Waals surface area (Å²) < 4.78 is 5.28. The van der Waals surface area contributed by atoms with E-state index in [4.69, 9.17) is 4.52 Å². The fourth-order valence-electron chi connectivity index (χ4n) is 3.07. The molecule has 2 aromatic rings. The number of hydrogen-bond acceptors (Lipinski definition) is 6. The van der Waals surface area contributed by atoms with Gasteiger partial charge < -0.3 is 9.84 Å². The molecule has 0 aliphatic heterocycles. The molecule has 130 valence electrons. The summed E-state index contributed by atoms with van der Waals surface area (Å²) in [5.74, 6) is 3.05. The molecular formula is C16H24N6O2. The molecule has 0 bridgehead atoms. The number of nitrogens with one attached hydrogen (secondary N) is 2. The number of H-pyrrole nitrogens is 1. The molecule has 0 aromatic carbocycles. The standard InChI is InChI=1S/C16H24N6O2/c1-3-12(16-17-10(2)20-21-16)18-13(23)8-9-14-19-15(22-24-14)11-6-4-5-7-11/h11-12H,3-9H2,1-2H3,(H,18,23)(H,17,20,21). The summed E-state index contributed by atoms with van der Waals surface area (Å²) in [6.45, 7) is 3.82. The highest BCUT2D eigenvalue weighted by Gasteiger charge is 2.23. The Morgan fingerprint density at radius 2 is 2.17 bits per heavy atom. The summed E-state index contributed by atoms with van der Waals surface area (Å²) >= 11 is 0. The number of aromatic nitrogens is 5. The van der Waals surface area contributed by atoms with E-state index >= 15 is 0 Å². The molecule has 3 rings (SSSR count). The highest BCUT2D eigenvalue weighted by molar-refractivity contribution is 5.76. The lowest BCUT2D eigenvalue weighted by molar-refractivity contribution is -0.122. The Hall–Kier alpha value is -2.25. The van der Waals surface area contributed by atoms with Crippen LogP contribution in [0.5, 0.6) is 0 Å². The molecule has 0 spiro atoms. The van der Waals surface area contributed by atoms with Crippen molar-refractivity contribution in [3.8, 4) is 0 Å². The van der Waals surface area contributed by atoms with Crippen LogP contribution in [0.1, 0.15) is 80.8 Å². The van der Waals surface area contributed by atoms with E-state index in [0.29, 0.717) is 30.5 Å². The van der Waals surface area contributed by atoms with Crippen molar-refractivity contribution in [2.45, 2.75) is 70.8 Å². The summed E-state index contributed by atoms with van der Waals surface area (Å²) in [6.07, 6.45) is 6.23. The first-order chi connectivity index (χ1) is 11.7. The van der Waals surface area contributed by atoms with Crippen molar-refractivity contribution < 1.29 is 9.32 Å². The highest BCUT2D eigenvalue weighted by atomic mass is 16.5. The number of carbonyl (C=O) groups is 1. The van der Waals surface area contributed by atoms with Crippen LogP contribution in [0.25, 0.3) is 0 Å². The van der Waals surface area contributed by atoms with Crippen LogP contribution in [0, 0.1) is 6.92 Å². The van der Waals surface area contributed by atoms with Crippen molar-refractivity contribution in [3.63, 3.8) is 0 Å². The van der Waals surface area contributed by atoms with Crippen LogP contribution in [0.4, 0.5) is 0 Å². The first-order valence-electron chi connectivity index (χ1n) is 8.66. The number of aromatic amines is 1. The van der Waals surface area contributed by atoms with E-state index in [1.54, 1.807) is 0 Å². The van der Waals surface area contributed by atoms with Crippen LogP contribution >= 0.6 is 0 Å². The summed E-state index contributed by atoms with van der Waals surface area (Å²) in [7, 11) is 0. The third-order valence-corrected chi connectivity index (χ3v) is 4.44. The molecule has 2 aromatic heterocycles. The van der Waals surface area contributed by atoms with Crippen molar-refractivity contribution in [1.82, 2.24) is 30.6 Å². The van der Waals surface area contributed by atoms with Gasteiger partial charge in [0.15, 0.2) is 11.6 Å². The third kappa shape index (κ3) is 3.98. The maximum absolute atomic E-state index is 12.2. The Morgan fingerprint density at radius 3 is 2.83 bits per heavy atom. The second-order valence-corrected chi connectivity index (χ2v) is 6.34. The second kappa shape index (κ2) is 7.55. The molecule has 1 atom stereocenters. The number of hydrogen-bond donors (Lipinski definition) is 2. The topological polar surface area (TPSA) is 110 Å². The minimum Gasteiger partial charge on any atom is -0.346 e. The second-order valence-electron chi connectivity index (χ2n) is 6.34. The van der Waals surface area contributed by atoms with Gasteiger partial charge in [-0.05, 0) is 26.2 Å². The van der Waals surface area contributed by atoms with Crippen LogP contribution in [0.2, 0.25) is 0 Å². The Labute approximate surface area is 140 Å². The number of carbonyl (C=O) groups excluding carboxylic acids is 1. The van der Waals surface area contributed by atoms with Crippen LogP contribution in [0.15, 0.2) is 4.52 Å². The molecule has 0 radical (unpaired) electrons. The molecule has 1 aliphatic rings. The Bertz CT molecular complexity index is 674. The average Bonchev–Trinajstić information content (AvgIpc) is 3.31. The van der Waals surface area contributed by atoms with Gasteiger partial charge in [-0.1, -0.05) is 24.9 Å². The maximum atomic E-state index is 12.2. The van der Waals surface area contributed by atoms with Crippen molar-refractivity contribution in [2.24, 2.45) is 0 Å². The van der Waals surface area contributed by atoms with E-state index in [0.717, 1.165) is 30.9 Å². The van der Waals surface area contributed by atoms with Gasteiger partial charge in [-0.2, -0.15) is 10.1 Å². The van der Waals surface area contributed by atoms with Gasteiger partial charge >= 0.3 is 0 Å². The molecule has 0 saturated heterocycles. The Kier molecular flexibility index (Phi) is 5.22. The summed E-state index contributed by atoms with van der Waals surface area (Å²) in [4.78, 5) is 20.9. The van der Waals surface area contributed by atoms with E-state index in [2.05, 4.69) is 30.6 Å². The van der Waals surface area contributed by atoms with E-state index < -0.39 is 0 Å². The zero-order valence-corrected chi connectivity index (χ0v) is 14.2. The lowest BCUT2D eigenvalue weighted by Crippen LogP contribution is -2.29. The molecule has 2 N–H and O–H groups in total. The predicted octanol–water partition coefficient (Wildman–Crippen LogP) is 2.35. The van der Waals surface area contributed by atoms with Gasteiger partial charge in [0.2, 0.25) is 11.8 Å². The third-order valence-electron chi connectivity index (χ3n) is 4.44. The monoisotopic (exact) mass is 332 g/mol. The van der Waals surface area contributed by atoms with Gasteiger partial charge in [-0.3, -0.25) is 9.89 Å². The van der Waals surface area contributed by atoms with Crippen LogP contribution in [0.3, 0.4) is 0 Å². The van der Waals surface area contributed by atoms with Crippen LogP contribution in [-0.4, -0.2) is 31.2 Å². The average molecular weight is 332 g/mol. The Balaban J connectivity index is 1.49. The number of nitrogens with zero attached hydrogens (tertiary/aromatic N) is 4. The fourth-order valence-corrected chi connectivity index (χ4v) is 3.07. The molecule has 8 nitrogen and oxygen atoms in total. The minimum absolute atomic E-state index is 0.0649. The zero-order chi connectivity index (χ0) is 16.9. The quantitative estimate of drug-likeness (QED) is 0.805. The zero-order valence-electron chi connectivity index (χ0n) is 14.2. The van der Waals surface area contributed by atoms with Gasteiger partial charge in [0.1, 0.15) is 5.82 Å². The number of aryl methyl sites for hydroxylation is 2. The smallest absolute Gasteiger partial charge is 0.227 e.